The maximum atomic E-state index is 12.2. The van der Waals surface area contributed by atoms with Gasteiger partial charge in [-0.3, -0.25) is 9.69 Å². The Morgan fingerprint density at radius 2 is 1.38 bits per heavy atom. The highest BCUT2D eigenvalue weighted by molar-refractivity contribution is 6.81. The fourth-order valence-corrected chi connectivity index (χ4v) is 16.3. The monoisotopic (exact) mass is 420 g/mol. The van der Waals surface area contributed by atoms with Crippen molar-refractivity contribution in [1.82, 2.24) is 9.47 Å². The Bertz CT molecular complexity index is 498. The summed E-state index contributed by atoms with van der Waals surface area (Å²) in [5, 5.41) is 0. The van der Waals surface area contributed by atoms with Crippen molar-refractivity contribution in [1.29, 1.82) is 0 Å². The number of rotatable bonds is 8. The normalized spacial score (nSPS) is 27.2. The third-order valence-corrected chi connectivity index (χ3v) is 16.0. The van der Waals surface area contributed by atoms with Crippen LogP contribution in [0.1, 0.15) is 90.9 Å². The molecule has 29 heavy (non-hydrogen) atoms. The molecule has 3 aliphatic carbocycles. The van der Waals surface area contributed by atoms with E-state index in [0.717, 1.165) is 36.4 Å². The van der Waals surface area contributed by atoms with Gasteiger partial charge in [-0.05, 0) is 23.5 Å². The topological polar surface area (TPSA) is 32.8 Å². The van der Waals surface area contributed by atoms with Crippen molar-refractivity contribution < 1.29 is 9.53 Å². The summed E-state index contributed by atoms with van der Waals surface area (Å²) in [6, 6.07) is 0. The lowest BCUT2D eigenvalue weighted by Gasteiger charge is -2.52. The van der Waals surface area contributed by atoms with E-state index in [1.165, 1.54) is 83.6 Å². The molecule has 0 aromatic rings. The Hall–Kier alpha value is -0.393. The molecule has 3 saturated carbocycles. The molecule has 0 radical (unpaired) electrons. The first-order valence-corrected chi connectivity index (χ1v) is 15.0. The van der Waals surface area contributed by atoms with Crippen LogP contribution < -0.4 is 0 Å². The molecule has 166 valence electrons. The van der Waals surface area contributed by atoms with Crippen molar-refractivity contribution >= 4 is 14.2 Å². The molecule has 4 nitrogen and oxygen atoms in total. The molecule has 0 aromatic heterocycles. The maximum absolute atomic E-state index is 12.2. The zero-order valence-corrected chi connectivity index (χ0v) is 20.0. The predicted molar refractivity (Wildman–Crippen MR) is 121 cm³/mol. The van der Waals surface area contributed by atoms with Gasteiger partial charge in [0.2, 0.25) is 0 Å². The third kappa shape index (κ3) is 4.34. The SMILES string of the molecule is CCOC(=O)C(C)CN1CCN([Si](C2CCCC2)(C2CCCC2)C2CCCC2)C1. The summed E-state index contributed by atoms with van der Waals surface area (Å²) in [5.74, 6) is -0.0211. The second kappa shape index (κ2) is 9.82. The summed E-state index contributed by atoms with van der Waals surface area (Å²) >= 11 is 0. The average Bonchev–Trinajstić information content (AvgIpc) is 3.51. The molecule has 4 aliphatic rings. The molecule has 1 unspecified atom stereocenters. The van der Waals surface area contributed by atoms with Gasteiger partial charge in [-0.15, -0.1) is 0 Å². The van der Waals surface area contributed by atoms with Crippen LogP contribution in [0.3, 0.4) is 0 Å². The fourth-order valence-electron chi connectivity index (χ4n) is 7.80. The lowest BCUT2D eigenvalue weighted by atomic mass is 10.2. The van der Waals surface area contributed by atoms with Crippen LogP contribution in [0, 0.1) is 5.92 Å². The summed E-state index contributed by atoms with van der Waals surface area (Å²) in [5.41, 5.74) is 3.16. The molecule has 5 heteroatoms. The van der Waals surface area contributed by atoms with Crippen LogP contribution in [0.2, 0.25) is 16.6 Å². The predicted octanol–water partition coefficient (Wildman–Crippen LogP) is 5.54. The molecule has 1 heterocycles. The molecule has 0 spiro atoms. The minimum atomic E-state index is -1.52. The molecule has 1 atom stereocenters. The van der Waals surface area contributed by atoms with Gasteiger partial charge in [0, 0.05) is 26.3 Å². The molecular formula is C24H44N2O2Si. The summed E-state index contributed by atoms with van der Waals surface area (Å²) < 4.78 is 8.39. The first kappa shape index (κ1) is 21.8. The van der Waals surface area contributed by atoms with Gasteiger partial charge in [0.25, 0.3) is 0 Å². The van der Waals surface area contributed by atoms with Crippen molar-refractivity contribution in [3.8, 4) is 0 Å². The smallest absolute Gasteiger partial charge is 0.309 e. The highest BCUT2D eigenvalue weighted by Gasteiger charge is 2.58. The van der Waals surface area contributed by atoms with Gasteiger partial charge in [-0.25, -0.2) is 0 Å². The minimum absolute atomic E-state index is 0.00425. The van der Waals surface area contributed by atoms with Crippen LogP contribution in [0.5, 0.6) is 0 Å². The second-order valence-corrected chi connectivity index (χ2v) is 15.3. The van der Waals surface area contributed by atoms with Crippen molar-refractivity contribution in [3.05, 3.63) is 0 Å². The second-order valence-electron chi connectivity index (χ2n) is 10.5. The van der Waals surface area contributed by atoms with Gasteiger partial charge in [0.15, 0.2) is 0 Å². The summed E-state index contributed by atoms with van der Waals surface area (Å²) in [6.07, 6.45) is 18.0. The number of hydrogen-bond acceptors (Lipinski definition) is 4. The fraction of sp³-hybridized carbons (Fsp3) is 0.958. The van der Waals surface area contributed by atoms with Gasteiger partial charge in [0.1, 0.15) is 8.24 Å². The van der Waals surface area contributed by atoms with Gasteiger partial charge < -0.3 is 9.30 Å². The number of hydrogen-bond donors (Lipinski definition) is 0. The number of esters is 1. The molecule has 1 aliphatic heterocycles. The minimum Gasteiger partial charge on any atom is -0.466 e. The van der Waals surface area contributed by atoms with E-state index in [9.17, 15) is 4.79 Å². The zero-order chi connectivity index (χ0) is 20.3. The molecular weight excluding hydrogens is 376 g/mol. The molecule has 1 saturated heterocycles. The van der Waals surface area contributed by atoms with Crippen molar-refractivity contribution in [3.63, 3.8) is 0 Å². The van der Waals surface area contributed by atoms with Crippen LogP contribution in [0.4, 0.5) is 0 Å². The van der Waals surface area contributed by atoms with Crippen LogP contribution in [0.15, 0.2) is 0 Å². The molecule has 0 N–H and O–H groups in total. The van der Waals surface area contributed by atoms with E-state index in [-0.39, 0.29) is 11.9 Å². The average molecular weight is 421 g/mol. The van der Waals surface area contributed by atoms with E-state index in [1.54, 1.807) is 0 Å². The largest absolute Gasteiger partial charge is 0.466 e. The number of ether oxygens (including phenoxy) is 1. The summed E-state index contributed by atoms with van der Waals surface area (Å²) in [4.78, 5) is 14.8. The Labute approximate surface area is 179 Å². The van der Waals surface area contributed by atoms with E-state index in [2.05, 4.69) is 16.4 Å². The van der Waals surface area contributed by atoms with Gasteiger partial charge >= 0.3 is 5.97 Å². The Kier molecular flexibility index (Phi) is 7.39. The van der Waals surface area contributed by atoms with E-state index in [0.29, 0.717) is 6.61 Å². The summed E-state index contributed by atoms with van der Waals surface area (Å²) in [7, 11) is -1.52. The Morgan fingerprint density at radius 3 is 1.83 bits per heavy atom. The van der Waals surface area contributed by atoms with Crippen molar-refractivity contribution in [2.75, 3.05) is 32.9 Å². The Balaban J connectivity index is 1.54. The molecule has 4 fully saturated rings. The van der Waals surface area contributed by atoms with Gasteiger partial charge in [-0.1, -0.05) is 84.0 Å². The van der Waals surface area contributed by atoms with Gasteiger partial charge in [0.05, 0.1) is 12.5 Å². The quantitative estimate of drug-likeness (QED) is 0.381. The highest BCUT2D eigenvalue weighted by atomic mass is 28.3. The van der Waals surface area contributed by atoms with E-state index in [4.69, 9.17) is 4.74 Å². The molecule has 0 amide bonds. The van der Waals surface area contributed by atoms with Crippen LogP contribution >= 0.6 is 0 Å². The number of carbonyl (C=O) groups is 1. The molecule has 4 rings (SSSR count). The molecule has 0 aromatic carbocycles. The zero-order valence-electron chi connectivity index (χ0n) is 19.0. The first-order valence-electron chi connectivity index (χ1n) is 12.8. The van der Waals surface area contributed by atoms with Crippen LogP contribution in [-0.4, -0.2) is 56.6 Å². The van der Waals surface area contributed by atoms with Crippen molar-refractivity contribution in [2.45, 2.75) is 108 Å². The third-order valence-electron chi connectivity index (χ3n) is 8.85. The van der Waals surface area contributed by atoms with Crippen LogP contribution in [-0.2, 0) is 9.53 Å². The Morgan fingerprint density at radius 1 is 0.897 bits per heavy atom. The van der Waals surface area contributed by atoms with Crippen LogP contribution in [0.25, 0.3) is 0 Å². The number of carbonyl (C=O) groups excluding carboxylic acids is 1. The lowest BCUT2D eigenvalue weighted by Crippen LogP contribution is -2.61. The number of nitrogens with zero attached hydrogens (tertiary/aromatic N) is 2. The maximum Gasteiger partial charge on any atom is 0.309 e. The lowest BCUT2D eigenvalue weighted by molar-refractivity contribution is -0.147. The van der Waals surface area contributed by atoms with E-state index < -0.39 is 8.24 Å². The van der Waals surface area contributed by atoms with E-state index in [1.807, 2.05) is 6.92 Å². The van der Waals surface area contributed by atoms with E-state index >= 15 is 0 Å². The summed E-state index contributed by atoms with van der Waals surface area (Å²) in [6.45, 7) is 8.90. The highest BCUT2D eigenvalue weighted by Crippen LogP contribution is 2.60. The van der Waals surface area contributed by atoms with Gasteiger partial charge in [-0.2, -0.15) is 0 Å². The standard InChI is InChI=1S/C24H44N2O2Si/c1-3-28-24(27)20(2)18-25-16-17-26(19-25)29(21-10-4-5-11-21,22-12-6-7-13-22)23-14-8-9-15-23/h20-23H,3-19H2,1-2H3. The van der Waals surface area contributed by atoms with Crippen molar-refractivity contribution in [2.24, 2.45) is 5.92 Å². The molecule has 0 bridgehead atoms. The first-order chi connectivity index (χ1) is 14.2.